The summed E-state index contributed by atoms with van der Waals surface area (Å²) in [5, 5.41) is 3.82. The van der Waals surface area contributed by atoms with Crippen molar-refractivity contribution in [2.24, 2.45) is 0 Å². The zero-order valence-electron chi connectivity index (χ0n) is 14.6. The molecule has 25 heavy (non-hydrogen) atoms. The maximum absolute atomic E-state index is 12.8. The van der Waals surface area contributed by atoms with Gasteiger partial charge in [0.2, 0.25) is 0 Å². The second-order valence-electron chi connectivity index (χ2n) is 6.00. The molecule has 1 amide bonds. The van der Waals surface area contributed by atoms with Gasteiger partial charge < -0.3 is 5.32 Å². The lowest BCUT2D eigenvalue weighted by Gasteiger charge is -2.15. The number of carbonyl (C=O) groups excluding carboxylic acids is 1. The van der Waals surface area contributed by atoms with Crippen LogP contribution in [0.5, 0.6) is 0 Å². The number of pyridine rings is 1. The summed E-state index contributed by atoms with van der Waals surface area (Å²) in [6.45, 7) is 6.18. The zero-order chi connectivity index (χ0) is 17.8. The van der Waals surface area contributed by atoms with Gasteiger partial charge in [-0.05, 0) is 43.0 Å². The van der Waals surface area contributed by atoms with Crippen LogP contribution in [0.2, 0.25) is 0 Å². The fraction of sp³-hybridized carbons (Fsp3) is 0.250. The lowest BCUT2D eigenvalue weighted by Crippen LogP contribution is -2.13. The number of amides is 1. The van der Waals surface area contributed by atoms with E-state index < -0.39 is 0 Å². The highest BCUT2D eigenvalue weighted by molar-refractivity contribution is 7.17. The molecule has 0 radical (unpaired) electrons. The summed E-state index contributed by atoms with van der Waals surface area (Å²) in [6, 6.07) is 13.7. The molecule has 2 heterocycles. The Morgan fingerprint density at radius 2 is 1.96 bits per heavy atom. The Kier molecular flexibility index (Phi) is 5.24. The Morgan fingerprint density at radius 1 is 1.20 bits per heavy atom. The summed E-state index contributed by atoms with van der Waals surface area (Å²) in [5.41, 5.74) is 3.54. The van der Waals surface area contributed by atoms with Crippen LogP contribution in [0.25, 0.3) is 10.7 Å². The Balaban J connectivity index is 1.87. The van der Waals surface area contributed by atoms with Gasteiger partial charge in [-0.25, -0.2) is 4.98 Å². The molecule has 128 valence electrons. The van der Waals surface area contributed by atoms with Crippen LogP contribution in [0.4, 0.5) is 5.69 Å². The lowest BCUT2D eigenvalue weighted by atomic mass is 9.97. The van der Waals surface area contributed by atoms with E-state index in [1.165, 1.54) is 11.3 Å². The molecule has 0 unspecified atom stereocenters. The standard InChI is InChI=1S/C20H21N3OS/c1-4-13(2)15-9-5-6-10-16(15)23-19(24)18-14(3)22-20(25-18)17-11-7-8-12-21-17/h5-13H,4H2,1-3H3,(H,23,24)/t13-/m0/s1. The number of nitrogens with one attached hydrogen (secondary N) is 1. The SMILES string of the molecule is CC[C@H](C)c1ccccc1NC(=O)c1sc(-c2ccccn2)nc1C. The van der Waals surface area contributed by atoms with E-state index in [0.717, 1.165) is 34.1 Å². The number of thiazole rings is 1. The monoisotopic (exact) mass is 351 g/mol. The second kappa shape index (κ2) is 7.57. The van der Waals surface area contributed by atoms with Crippen LogP contribution >= 0.6 is 11.3 Å². The van der Waals surface area contributed by atoms with E-state index >= 15 is 0 Å². The van der Waals surface area contributed by atoms with Crippen LogP contribution in [-0.2, 0) is 0 Å². The minimum Gasteiger partial charge on any atom is -0.321 e. The van der Waals surface area contributed by atoms with Crippen molar-refractivity contribution in [2.75, 3.05) is 5.32 Å². The summed E-state index contributed by atoms with van der Waals surface area (Å²) in [7, 11) is 0. The second-order valence-corrected chi connectivity index (χ2v) is 7.00. The summed E-state index contributed by atoms with van der Waals surface area (Å²) in [6.07, 6.45) is 2.75. The van der Waals surface area contributed by atoms with Crippen molar-refractivity contribution < 1.29 is 4.79 Å². The highest BCUT2D eigenvalue weighted by Crippen LogP contribution is 2.30. The summed E-state index contributed by atoms with van der Waals surface area (Å²) < 4.78 is 0. The van der Waals surface area contributed by atoms with Crippen molar-refractivity contribution in [3.63, 3.8) is 0 Å². The average Bonchev–Trinajstić information content (AvgIpc) is 3.04. The molecular weight excluding hydrogens is 330 g/mol. The van der Waals surface area contributed by atoms with Crippen molar-refractivity contribution >= 4 is 22.9 Å². The number of nitrogens with zero attached hydrogens (tertiary/aromatic N) is 2. The van der Waals surface area contributed by atoms with Crippen LogP contribution in [0.3, 0.4) is 0 Å². The van der Waals surface area contributed by atoms with E-state index in [1.807, 2.05) is 43.3 Å². The van der Waals surface area contributed by atoms with E-state index in [0.29, 0.717) is 10.8 Å². The molecule has 0 saturated carbocycles. The predicted octanol–water partition coefficient (Wildman–Crippen LogP) is 5.28. The number of rotatable bonds is 5. The van der Waals surface area contributed by atoms with Crippen LogP contribution in [-0.4, -0.2) is 15.9 Å². The Bertz CT molecular complexity index is 874. The molecule has 1 atom stereocenters. The number of anilines is 1. The number of para-hydroxylation sites is 1. The Labute approximate surface area is 152 Å². The molecule has 0 aliphatic heterocycles. The van der Waals surface area contributed by atoms with E-state index in [-0.39, 0.29) is 5.91 Å². The largest absolute Gasteiger partial charge is 0.321 e. The smallest absolute Gasteiger partial charge is 0.267 e. The van der Waals surface area contributed by atoms with Crippen molar-refractivity contribution in [3.05, 3.63) is 64.8 Å². The van der Waals surface area contributed by atoms with E-state index in [2.05, 4.69) is 35.2 Å². The first-order valence-corrected chi connectivity index (χ1v) is 9.21. The topological polar surface area (TPSA) is 54.9 Å². The highest BCUT2D eigenvalue weighted by Gasteiger charge is 2.18. The minimum absolute atomic E-state index is 0.118. The third-order valence-corrected chi connectivity index (χ3v) is 5.42. The number of benzene rings is 1. The number of hydrogen-bond donors (Lipinski definition) is 1. The van der Waals surface area contributed by atoms with E-state index in [1.54, 1.807) is 6.20 Å². The fourth-order valence-corrected chi connectivity index (χ4v) is 3.58. The van der Waals surface area contributed by atoms with Crippen LogP contribution in [0, 0.1) is 6.92 Å². The molecule has 3 rings (SSSR count). The van der Waals surface area contributed by atoms with Gasteiger partial charge >= 0.3 is 0 Å². The Morgan fingerprint density at radius 3 is 2.68 bits per heavy atom. The molecule has 1 aromatic carbocycles. The lowest BCUT2D eigenvalue weighted by molar-refractivity contribution is 0.102. The third-order valence-electron chi connectivity index (χ3n) is 4.24. The molecule has 0 bridgehead atoms. The molecule has 0 aliphatic rings. The molecular formula is C20H21N3OS. The molecule has 5 heteroatoms. The first-order chi connectivity index (χ1) is 12.1. The minimum atomic E-state index is -0.118. The summed E-state index contributed by atoms with van der Waals surface area (Å²) >= 11 is 1.37. The van der Waals surface area contributed by atoms with Gasteiger partial charge in [0, 0.05) is 11.9 Å². The normalized spacial score (nSPS) is 12.0. The molecule has 1 N–H and O–H groups in total. The number of aromatic nitrogens is 2. The zero-order valence-corrected chi connectivity index (χ0v) is 15.4. The molecule has 4 nitrogen and oxygen atoms in total. The van der Waals surface area contributed by atoms with Crippen molar-refractivity contribution in [1.82, 2.24) is 9.97 Å². The fourth-order valence-electron chi connectivity index (χ4n) is 2.65. The van der Waals surface area contributed by atoms with Crippen LogP contribution < -0.4 is 5.32 Å². The van der Waals surface area contributed by atoms with Gasteiger partial charge in [-0.1, -0.05) is 38.1 Å². The van der Waals surface area contributed by atoms with Crippen molar-refractivity contribution in [3.8, 4) is 10.7 Å². The first-order valence-electron chi connectivity index (χ1n) is 8.39. The van der Waals surface area contributed by atoms with Gasteiger partial charge in [-0.2, -0.15) is 0 Å². The van der Waals surface area contributed by atoms with Gasteiger partial charge in [-0.15, -0.1) is 11.3 Å². The van der Waals surface area contributed by atoms with Gasteiger partial charge in [-0.3, -0.25) is 9.78 Å². The maximum atomic E-state index is 12.8. The third kappa shape index (κ3) is 3.77. The highest BCUT2D eigenvalue weighted by atomic mass is 32.1. The van der Waals surface area contributed by atoms with E-state index in [9.17, 15) is 4.79 Å². The summed E-state index contributed by atoms with van der Waals surface area (Å²) in [5.74, 6) is 0.274. The van der Waals surface area contributed by atoms with Crippen molar-refractivity contribution in [1.29, 1.82) is 0 Å². The van der Waals surface area contributed by atoms with E-state index in [4.69, 9.17) is 0 Å². The maximum Gasteiger partial charge on any atom is 0.267 e. The molecule has 3 aromatic rings. The quantitative estimate of drug-likeness (QED) is 0.680. The number of hydrogen-bond acceptors (Lipinski definition) is 4. The van der Waals surface area contributed by atoms with Crippen LogP contribution in [0.15, 0.2) is 48.7 Å². The number of carbonyl (C=O) groups is 1. The van der Waals surface area contributed by atoms with Crippen LogP contribution in [0.1, 0.15) is 47.1 Å². The first kappa shape index (κ1) is 17.3. The molecule has 0 spiro atoms. The van der Waals surface area contributed by atoms with Gasteiger partial charge in [0.25, 0.3) is 5.91 Å². The van der Waals surface area contributed by atoms with Gasteiger partial charge in [0.1, 0.15) is 9.88 Å². The molecule has 0 fully saturated rings. The van der Waals surface area contributed by atoms with Gasteiger partial charge in [0.15, 0.2) is 0 Å². The molecule has 2 aromatic heterocycles. The Hall–Kier alpha value is -2.53. The average molecular weight is 351 g/mol. The van der Waals surface area contributed by atoms with Gasteiger partial charge in [0.05, 0.1) is 11.4 Å². The molecule has 0 saturated heterocycles. The summed E-state index contributed by atoms with van der Waals surface area (Å²) in [4.78, 5) is 22.2. The number of aryl methyl sites for hydroxylation is 1. The predicted molar refractivity (Wildman–Crippen MR) is 103 cm³/mol. The van der Waals surface area contributed by atoms with Crippen molar-refractivity contribution in [2.45, 2.75) is 33.1 Å². The molecule has 0 aliphatic carbocycles.